The molecule has 0 N–H and O–H groups in total. The largest absolute Gasteiger partial charge is 0.490 e. The Labute approximate surface area is 156 Å². The third kappa shape index (κ3) is 3.85. The molecule has 0 fully saturated rings. The Morgan fingerprint density at radius 3 is 2.81 bits per heavy atom. The highest BCUT2D eigenvalue weighted by Gasteiger charge is 2.10. The number of ether oxygens (including phenoxy) is 2. The number of hydrogen-bond donors (Lipinski definition) is 0. The van der Waals surface area contributed by atoms with E-state index in [0.717, 1.165) is 15.8 Å². The highest BCUT2D eigenvalue weighted by molar-refractivity contribution is 7.19. The summed E-state index contributed by atoms with van der Waals surface area (Å²) in [5.74, 6) is 3.62. The van der Waals surface area contributed by atoms with Gasteiger partial charge in [-0.2, -0.15) is 5.26 Å². The zero-order valence-corrected chi connectivity index (χ0v) is 15.0. The van der Waals surface area contributed by atoms with Crippen LogP contribution >= 0.6 is 11.3 Å². The standard InChI is InChI=1S/C21H16N2O2S/c1-3-11-25-18-10-9-15(13-19(18)24-4-2)12-16(14-22)21-23-17-7-5-6-8-20(17)26-21/h1,5-10,12-13H,4,11H2,2H3. The lowest BCUT2D eigenvalue weighted by atomic mass is 10.1. The fourth-order valence-corrected chi connectivity index (χ4v) is 3.35. The van der Waals surface area contributed by atoms with Crippen LogP contribution in [-0.2, 0) is 0 Å². The Morgan fingerprint density at radius 2 is 2.08 bits per heavy atom. The van der Waals surface area contributed by atoms with E-state index in [-0.39, 0.29) is 6.61 Å². The molecule has 0 radical (unpaired) electrons. The third-order valence-electron chi connectivity index (χ3n) is 3.53. The van der Waals surface area contributed by atoms with Crippen molar-refractivity contribution in [3.63, 3.8) is 0 Å². The number of fused-ring (bicyclic) bond motifs is 1. The van der Waals surface area contributed by atoms with E-state index in [4.69, 9.17) is 15.9 Å². The second kappa shape index (κ2) is 8.20. The second-order valence-electron chi connectivity index (χ2n) is 5.29. The summed E-state index contributed by atoms with van der Waals surface area (Å²) in [6.07, 6.45) is 7.04. The van der Waals surface area contributed by atoms with Crippen LogP contribution < -0.4 is 9.47 Å². The number of hydrogen-bond acceptors (Lipinski definition) is 5. The van der Waals surface area contributed by atoms with Crippen molar-refractivity contribution >= 4 is 33.2 Å². The van der Waals surface area contributed by atoms with E-state index < -0.39 is 0 Å². The molecule has 0 saturated heterocycles. The number of rotatable bonds is 6. The van der Waals surface area contributed by atoms with Crippen LogP contribution in [0.25, 0.3) is 21.9 Å². The number of nitrogens with zero attached hydrogens (tertiary/aromatic N) is 2. The maximum Gasteiger partial charge on any atom is 0.162 e. The van der Waals surface area contributed by atoms with E-state index in [1.807, 2.05) is 43.3 Å². The van der Waals surface area contributed by atoms with Gasteiger partial charge in [-0.25, -0.2) is 4.98 Å². The van der Waals surface area contributed by atoms with E-state index in [2.05, 4.69) is 17.0 Å². The fraction of sp³-hybridized carbons (Fsp3) is 0.143. The van der Waals surface area contributed by atoms with Crippen LogP contribution in [-0.4, -0.2) is 18.2 Å². The van der Waals surface area contributed by atoms with Gasteiger partial charge in [0.25, 0.3) is 0 Å². The van der Waals surface area contributed by atoms with Crippen LogP contribution in [0.3, 0.4) is 0 Å². The van der Waals surface area contributed by atoms with Gasteiger partial charge >= 0.3 is 0 Å². The molecule has 3 rings (SSSR count). The van der Waals surface area contributed by atoms with Crippen molar-refractivity contribution in [1.82, 2.24) is 4.98 Å². The van der Waals surface area contributed by atoms with Crippen molar-refractivity contribution in [2.75, 3.05) is 13.2 Å². The van der Waals surface area contributed by atoms with Crippen LogP contribution in [0.5, 0.6) is 11.5 Å². The van der Waals surface area contributed by atoms with E-state index >= 15 is 0 Å². The molecule has 0 aliphatic heterocycles. The molecule has 3 aromatic rings. The maximum atomic E-state index is 9.58. The number of thiazole rings is 1. The average Bonchev–Trinajstić information content (AvgIpc) is 3.09. The maximum absolute atomic E-state index is 9.58. The van der Waals surface area contributed by atoms with Gasteiger partial charge in [-0.05, 0) is 42.8 Å². The van der Waals surface area contributed by atoms with Crippen LogP contribution in [0.2, 0.25) is 0 Å². The molecule has 4 nitrogen and oxygen atoms in total. The summed E-state index contributed by atoms with van der Waals surface area (Å²) in [4.78, 5) is 4.55. The lowest BCUT2D eigenvalue weighted by Gasteiger charge is -2.11. The Balaban J connectivity index is 1.97. The van der Waals surface area contributed by atoms with E-state index in [0.29, 0.717) is 28.7 Å². The summed E-state index contributed by atoms with van der Waals surface area (Å²) < 4.78 is 12.2. The average molecular weight is 360 g/mol. The van der Waals surface area contributed by atoms with Crippen molar-refractivity contribution in [1.29, 1.82) is 5.26 Å². The third-order valence-corrected chi connectivity index (χ3v) is 4.60. The molecule has 0 amide bonds. The molecule has 128 valence electrons. The molecule has 0 bridgehead atoms. The first-order chi connectivity index (χ1) is 12.7. The van der Waals surface area contributed by atoms with Crippen LogP contribution in [0, 0.1) is 23.7 Å². The van der Waals surface area contributed by atoms with Gasteiger partial charge in [0.2, 0.25) is 0 Å². The number of nitriles is 1. The van der Waals surface area contributed by atoms with Gasteiger partial charge < -0.3 is 9.47 Å². The van der Waals surface area contributed by atoms with Gasteiger partial charge in [-0.15, -0.1) is 17.8 Å². The zero-order chi connectivity index (χ0) is 18.4. The molecule has 1 aromatic heterocycles. The van der Waals surface area contributed by atoms with Crippen molar-refractivity contribution in [3.8, 4) is 29.9 Å². The minimum Gasteiger partial charge on any atom is -0.490 e. The molecule has 0 atom stereocenters. The van der Waals surface area contributed by atoms with Gasteiger partial charge in [-0.3, -0.25) is 0 Å². The van der Waals surface area contributed by atoms with Crippen LogP contribution in [0.4, 0.5) is 0 Å². The van der Waals surface area contributed by atoms with Gasteiger partial charge in [-0.1, -0.05) is 24.1 Å². The molecule has 0 unspecified atom stereocenters. The summed E-state index contributed by atoms with van der Waals surface area (Å²) in [6, 6.07) is 15.6. The minimum atomic E-state index is 0.171. The smallest absolute Gasteiger partial charge is 0.162 e. The summed E-state index contributed by atoms with van der Waals surface area (Å²) in [7, 11) is 0. The summed E-state index contributed by atoms with van der Waals surface area (Å²) in [5.41, 5.74) is 2.23. The van der Waals surface area contributed by atoms with Crippen molar-refractivity contribution in [2.45, 2.75) is 6.92 Å². The van der Waals surface area contributed by atoms with E-state index in [1.54, 1.807) is 12.1 Å². The van der Waals surface area contributed by atoms with Crippen molar-refractivity contribution < 1.29 is 9.47 Å². The number of para-hydroxylation sites is 1. The SMILES string of the molecule is C#CCOc1ccc(C=C(C#N)c2nc3ccccc3s2)cc1OCC. The summed E-state index contributed by atoms with van der Waals surface area (Å²) in [6.45, 7) is 2.57. The van der Waals surface area contributed by atoms with Gasteiger partial charge in [0.05, 0.1) is 22.4 Å². The molecular weight excluding hydrogens is 344 g/mol. The fourth-order valence-electron chi connectivity index (χ4n) is 2.42. The number of benzene rings is 2. The molecular formula is C21H16N2O2S. The highest BCUT2D eigenvalue weighted by Crippen LogP contribution is 2.32. The normalized spacial score (nSPS) is 11.0. The lowest BCUT2D eigenvalue weighted by Crippen LogP contribution is -1.99. The molecule has 0 saturated carbocycles. The molecule has 2 aromatic carbocycles. The molecule has 0 aliphatic carbocycles. The second-order valence-corrected chi connectivity index (χ2v) is 6.32. The van der Waals surface area contributed by atoms with Gasteiger partial charge in [0, 0.05) is 0 Å². The topological polar surface area (TPSA) is 55.1 Å². The van der Waals surface area contributed by atoms with E-state index in [9.17, 15) is 5.26 Å². The summed E-state index contributed by atoms with van der Waals surface area (Å²) >= 11 is 1.50. The number of allylic oxidation sites excluding steroid dienone is 1. The van der Waals surface area contributed by atoms with Crippen molar-refractivity contribution in [3.05, 3.63) is 53.0 Å². The van der Waals surface area contributed by atoms with E-state index in [1.165, 1.54) is 11.3 Å². The monoisotopic (exact) mass is 360 g/mol. The highest BCUT2D eigenvalue weighted by atomic mass is 32.1. The predicted molar refractivity (Wildman–Crippen MR) is 105 cm³/mol. The van der Waals surface area contributed by atoms with Crippen LogP contribution in [0.15, 0.2) is 42.5 Å². The lowest BCUT2D eigenvalue weighted by molar-refractivity contribution is 0.299. The Bertz CT molecular complexity index is 1010. The molecule has 0 aliphatic rings. The molecule has 0 spiro atoms. The predicted octanol–water partition coefficient (Wildman–Crippen LogP) is 4.77. The first kappa shape index (κ1) is 17.5. The molecule has 26 heavy (non-hydrogen) atoms. The first-order valence-corrected chi connectivity index (χ1v) is 8.87. The van der Waals surface area contributed by atoms with Gasteiger partial charge in [0.15, 0.2) is 11.5 Å². The van der Waals surface area contributed by atoms with Gasteiger partial charge in [0.1, 0.15) is 17.7 Å². The quantitative estimate of drug-likeness (QED) is 0.469. The summed E-state index contributed by atoms with van der Waals surface area (Å²) in [5, 5.41) is 10.3. The van der Waals surface area contributed by atoms with Crippen LogP contribution in [0.1, 0.15) is 17.5 Å². The Morgan fingerprint density at radius 1 is 1.23 bits per heavy atom. The number of terminal acetylenes is 1. The first-order valence-electron chi connectivity index (χ1n) is 8.06. The zero-order valence-electron chi connectivity index (χ0n) is 14.2. The van der Waals surface area contributed by atoms with Crippen molar-refractivity contribution in [2.24, 2.45) is 0 Å². The number of aromatic nitrogens is 1. The Kier molecular flexibility index (Phi) is 5.53. The minimum absolute atomic E-state index is 0.171. The molecule has 1 heterocycles. The Hall–Kier alpha value is -3.28. The molecule has 5 heteroatoms.